The average molecular weight is 1880 g/mol. The van der Waals surface area contributed by atoms with Crippen LogP contribution in [0.3, 0.4) is 0 Å². The number of ether oxygens (including phenoxy) is 9. The number of oxazole rings is 1. The minimum absolute atomic E-state index is 0.0202. The van der Waals surface area contributed by atoms with Crippen molar-refractivity contribution in [1.29, 1.82) is 0 Å². The molecule has 13 rings (SSSR count). The number of esters is 1. The highest BCUT2D eigenvalue weighted by atomic mass is 16.6. The summed E-state index contributed by atoms with van der Waals surface area (Å²) in [5, 5.41) is 61.0. The number of aryl methyl sites for hydroxylation is 1. The van der Waals surface area contributed by atoms with Crippen molar-refractivity contribution in [3.63, 3.8) is 0 Å². The topological polar surface area (TPSA) is 477 Å². The van der Waals surface area contributed by atoms with E-state index in [2.05, 4.69) is 56.8 Å². The van der Waals surface area contributed by atoms with Crippen LogP contribution >= 0.6 is 0 Å². The number of cyclic esters (lactones) is 1. The molecule has 6 aromatic heterocycles. The maximum atomic E-state index is 15.0. The number of piperazine rings is 1. The zero-order chi connectivity index (χ0) is 96.5. The summed E-state index contributed by atoms with van der Waals surface area (Å²) in [4.78, 5) is 114. The van der Waals surface area contributed by atoms with Gasteiger partial charge in [-0.05, 0) is 150 Å². The first kappa shape index (κ1) is 103. The molecule has 0 spiro atoms. The van der Waals surface area contributed by atoms with Gasteiger partial charge in [0.15, 0.2) is 17.0 Å². The van der Waals surface area contributed by atoms with Crippen LogP contribution < -0.4 is 21.7 Å². The molecule has 3 saturated heterocycles. The number of Topliss-reactive ketones (excluding diaryl/α,β-unsaturated/α-hetero) is 3. The quantitative estimate of drug-likeness (QED) is 0.00946. The number of aliphatic hydroxyl groups excluding tert-OH is 2. The van der Waals surface area contributed by atoms with Crippen LogP contribution in [0.15, 0.2) is 126 Å². The van der Waals surface area contributed by atoms with Gasteiger partial charge in [-0.1, -0.05) is 99.7 Å². The summed E-state index contributed by atoms with van der Waals surface area (Å²) >= 11 is 0. The molecule has 2 amide bonds. The van der Waals surface area contributed by atoms with Gasteiger partial charge in [0.05, 0.1) is 119 Å². The number of nitrogen functional groups attached to an aromatic ring is 2. The van der Waals surface area contributed by atoms with Crippen LogP contribution in [-0.2, 0) is 91.0 Å². The third-order valence-corrected chi connectivity index (χ3v) is 27.0. The Kier molecular flexibility index (Phi) is 37.3. The van der Waals surface area contributed by atoms with Crippen LogP contribution in [-0.4, -0.2) is 293 Å². The van der Waals surface area contributed by atoms with Crippen LogP contribution in [0.5, 0.6) is 0 Å². The fraction of sp³-hybridized carbons (Fsp3) is 0.592. The van der Waals surface area contributed by atoms with E-state index >= 15 is 0 Å². The van der Waals surface area contributed by atoms with E-state index in [1.165, 1.54) is 18.3 Å². The molecule has 1 saturated carbocycles. The van der Waals surface area contributed by atoms with Crippen LogP contribution in [0.4, 0.5) is 17.8 Å². The number of anilines is 3. The number of unbranched alkanes of at least 4 members (excludes halogenated alkanes) is 1. The number of nitrogens with zero attached hydrogens (tertiary/aromatic N) is 16. The van der Waals surface area contributed by atoms with Gasteiger partial charge < -0.3 is 89.0 Å². The number of aliphatic hydroxyl groups is 3. The Bertz CT molecular complexity index is 5420. The number of nitrogens with two attached hydrogens (primary N) is 2. The van der Waals surface area contributed by atoms with Crippen molar-refractivity contribution in [3.05, 3.63) is 127 Å². The van der Waals surface area contributed by atoms with Crippen molar-refractivity contribution in [3.8, 4) is 33.6 Å². The normalized spacial score (nSPS) is 26.9. The van der Waals surface area contributed by atoms with E-state index in [0.29, 0.717) is 195 Å². The molecule has 4 aliphatic heterocycles. The van der Waals surface area contributed by atoms with Gasteiger partial charge in [-0.3, -0.25) is 28.9 Å². The lowest BCUT2D eigenvalue weighted by Gasteiger charge is -2.42. The summed E-state index contributed by atoms with van der Waals surface area (Å²) < 4.78 is 64.4. The number of fused-ring (bicyclic) bond motifs is 5. The third kappa shape index (κ3) is 26.5. The molecule has 38 nitrogen and oxygen atoms in total. The number of nitrogens with one attached hydrogen (secondary N) is 1. The number of carbonyl (C=O) groups excluding carboxylic acids is 6. The second-order valence-electron chi connectivity index (χ2n) is 36.8. The summed E-state index contributed by atoms with van der Waals surface area (Å²) in [6, 6.07) is 12.0. The first-order chi connectivity index (χ1) is 65.7. The number of methoxy groups -OCH3 is 3. The third-order valence-electron chi connectivity index (χ3n) is 27.0. The summed E-state index contributed by atoms with van der Waals surface area (Å²) in [5.74, 6) is -7.76. The number of carbonyl (C=O) groups is 6. The van der Waals surface area contributed by atoms with Gasteiger partial charge in [-0.2, -0.15) is 10.1 Å². The van der Waals surface area contributed by atoms with Gasteiger partial charge in [-0.15, -0.1) is 10.2 Å². The van der Waals surface area contributed by atoms with Crippen molar-refractivity contribution in [2.45, 2.75) is 225 Å². The molecule has 38 heteroatoms. The Morgan fingerprint density at radius 1 is 0.757 bits per heavy atom. The second-order valence-corrected chi connectivity index (χ2v) is 36.8. The molecule has 736 valence electrons. The monoisotopic (exact) mass is 1880 g/mol. The number of piperidine rings is 1. The Morgan fingerprint density at radius 2 is 1.52 bits per heavy atom. The van der Waals surface area contributed by atoms with Crippen LogP contribution in [0.1, 0.15) is 157 Å². The maximum absolute atomic E-state index is 15.0. The predicted octanol–water partition coefficient (Wildman–Crippen LogP) is 9.22. The molecular weight excluding hydrogens is 1750 g/mol. The molecule has 8 aromatic rings. The Balaban J connectivity index is 0.540. The van der Waals surface area contributed by atoms with E-state index in [9.17, 15) is 44.1 Å². The molecule has 2 bridgehead atoms. The highest BCUT2D eigenvalue weighted by Gasteiger charge is 2.53. The Hall–Kier alpha value is -10.9. The van der Waals surface area contributed by atoms with Gasteiger partial charge in [-0.25, -0.2) is 38.8 Å². The minimum atomic E-state index is -2.49. The molecule has 1 aliphatic carbocycles. The van der Waals surface area contributed by atoms with E-state index in [1.807, 2.05) is 112 Å². The SMILES string of the molecule is CO[C@H]1C[C@@H]2CC[C@@H](C)[C@@](O)(O2)C(=O)C(=O)N2CCCC[C@H]2C(=O)OC([C@H](C)C[C@@H]2CC[C@H](n3nncc3-c3cccc(-c4cnc(N5CCN(Cc6cn(CCOCCOCCOCCOCCC(=O)NCCCCn7nc(-c8ccc9oc(N)nc9c8)c8c(N)ncnc87)nn6)C(CO)C5)nc4)c3)[C@H](OC)C2)CC(=O)[C@H](C)/C=C(\C)[C@@H](O)[C@@H](OC)C(=O)[C@H](C)C[C@H](C)/C=C/C=C/C=C/1C. The molecule has 16 atom stereocenters. The number of allylic oxidation sites excluding steroid dienone is 6. The minimum Gasteiger partial charge on any atom is -0.460 e. The molecule has 0 radical (unpaired) electrons. The molecule has 10 heterocycles. The summed E-state index contributed by atoms with van der Waals surface area (Å²) in [6.07, 6.45) is 21.6. The van der Waals surface area contributed by atoms with Crippen LogP contribution in [0.25, 0.3) is 55.8 Å². The summed E-state index contributed by atoms with van der Waals surface area (Å²) in [7, 11) is 4.64. The van der Waals surface area contributed by atoms with E-state index in [0.717, 1.165) is 52.1 Å². The van der Waals surface area contributed by atoms with Gasteiger partial charge in [0.1, 0.15) is 53.5 Å². The number of benzene rings is 2. The van der Waals surface area contributed by atoms with Crippen LogP contribution in [0, 0.1) is 35.5 Å². The van der Waals surface area contributed by atoms with Crippen molar-refractivity contribution < 1.29 is 91.1 Å². The van der Waals surface area contributed by atoms with Crippen molar-refractivity contribution >= 4 is 75.0 Å². The molecule has 8 N–H and O–H groups in total. The van der Waals surface area contributed by atoms with Gasteiger partial charge in [0, 0.05) is 139 Å². The number of aromatic nitrogens is 13. The second kappa shape index (κ2) is 49.4. The largest absolute Gasteiger partial charge is 0.460 e. The smallest absolute Gasteiger partial charge is 0.329 e. The van der Waals surface area contributed by atoms with Crippen molar-refractivity contribution in [1.82, 2.24) is 79.8 Å². The number of ketones is 3. The lowest BCUT2D eigenvalue weighted by molar-refractivity contribution is -0.265. The highest BCUT2D eigenvalue weighted by molar-refractivity contribution is 6.39. The molecule has 5 aliphatic rings. The van der Waals surface area contributed by atoms with E-state index in [-0.39, 0.29) is 99.0 Å². The molecule has 2 aromatic carbocycles. The Morgan fingerprint density at radius 3 is 2.28 bits per heavy atom. The predicted molar refractivity (Wildman–Crippen MR) is 505 cm³/mol. The first-order valence-corrected chi connectivity index (χ1v) is 47.7. The number of rotatable bonds is 34. The summed E-state index contributed by atoms with van der Waals surface area (Å²) in [5.41, 5.74) is 20.6. The van der Waals surface area contributed by atoms with Gasteiger partial charge >= 0.3 is 5.97 Å². The highest BCUT2D eigenvalue weighted by Crippen LogP contribution is 2.43. The number of amides is 2. The van der Waals surface area contributed by atoms with Crippen LogP contribution in [0.2, 0.25) is 0 Å². The van der Waals surface area contributed by atoms with E-state index < -0.39 is 83.7 Å². The molecule has 2 unspecified atom stereocenters. The first-order valence-electron chi connectivity index (χ1n) is 47.7. The zero-order valence-electron chi connectivity index (χ0n) is 79.9. The molecular formula is C98H135N19O19. The van der Waals surface area contributed by atoms with Crippen molar-refractivity contribution in [2.75, 3.05) is 130 Å². The standard InChI is InChI=1S/C98H135N19O19/c1-61-19-12-11-13-20-62(2)82(127-8)51-75-27-24-67(7)98(126,136-75)91(123)94(124)115-32-16-14-23-78(115)95(125)134-83(52-80(119)63(3)46-66(6)89(122)90(129-10)88(121)65(5)45-61)64(4)47-68-25-28-77(84(48-68)128-9)117-79(55-106-110-117)70-22-18-21-69(49-70)72-53-102-97(103-54-72)113-35-34-112(74(58-113)59-118)56-73-57-114(111-108-73)36-38-131-40-42-133-44-43-132-41-39-130-37-30-85(120)101-31-15-17-33-116-93-86(92(99)104-60-105-93)87(109-116)71-26-29-81-76(50-71)107-96(100)135-81/h11-13,18-22,26,29,46,49-50,53-55,57,60-61,63-65,67-68,74-75,77-78,82-84,89-90,118,122,126H,14-17,23-25,27-28,30-45,47-48,51-52,56,58-59H2,1-10H3,(H2,100,107)(H,101,120)(H2,99,104,105)/b13-11+,19-12+,62-20+,66-46+/t61-,63-,64-,65-,67-,68+,74?,75+,77+,78+,82+,83?,84-,89-,90+,98-/m1/s1. The van der Waals surface area contributed by atoms with Gasteiger partial charge in [0.25, 0.3) is 17.7 Å². The number of hydrogen-bond donors (Lipinski definition) is 6. The van der Waals surface area contributed by atoms with E-state index in [1.54, 1.807) is 62.7 Å². The fourth-order valence-corrected chi connectivity index (χ4v) is 19.0. The lowest BCUT2D eigenvalue weighted by Crippen LogP contribution is -2.61. The Labute approximate surface area is 793 Å². The zero-order valence-corrected chi connectivity index (χ0v) is 79.9. The lowest BCUT2D eigenvalue weighted by atomic mass is 9.77. The molecule has 136 heavy (non-hydrogen) atoms. The molecule has 4 fully saturated rings. The van der Waals surface area contributed by atoms with E-state index in [4.69, 9.17) is 73.6 Å². The van der Waals surface area contributed by atoms with Gasteiger partial charge in [0.2, 0.25) is 17.6 Å². The van der Waals surface area contributed by atoms with Crippen molar-refractivity contribution in [2.24, 2.45) is 35.5 Å². The number of hydrogen-bond acceptors (Lipinski definition) is 33. The average Bonchev–Trinajstić information content (AvgIpc) is 0.886. The summed E-state index contributed by atoms with van der Waals surface area (Å²) in [6.45, 7) is 19.4. The maximum Gasteiger partial charge on any atom is 0.329 e. The fourth-order valence-electron chi connectivity index (χ4n) is 19.0.